The third-order valence-electron chi connectivity index (χ3n) is 7.80. The average Bonchev–Trinajstić information content (AvgIpc) is 3.77. The van der Waals surface area contributed by atoms with Crippen LogP contribution < -0.4 is 19.5 Å². The first kappa shape index (κ1) is 29.5. The van der Waals surface area contributed by atoms with Gasteiger partial charge in [-0.25, -0.2) is 12.7 Å². The SMILES string of the molecule is COc1cccc([C@@H](C(=O)NC[C@@H]2CCCO2)N(Cc2ccc3c(c2)OCO3)C(=O)CN2C(=O)c3ccccc3S2(=O)=O)c1. The van der Waals surface area contributed by atoms with E-state index in [-0.39, 0.29) is 36.4 Å². The van der Waals surface area contributed by atoms with E-state index >= 15 is 0 Å². The van der Waals surface area contributed by atoms with Crippen LogP contribution in [0, 0.1) is 0 Å². The fraction of sp³-hybridized carbons (Fsp3) is 0.323. The lowest BCUT2D eigenvalue weighted by atomic mass is 10.0. The first-order chi connectivity index (χ1) is 21.3. The number of carbonyl (C=O) groups is 3. The lowest BCUT2D eigenvalue weighted by Gasteiger charge is -2.33. The highest BCUT2D eigenvalue weighted by molar-refractivity contribution is 7.90. The molecule has 0 spiro atoms. The minimum absolute atomic E-state index is 0.0127. The fourth-order valence-corrected chi connectivity index (χ4v) is 7.08. The molecule has 3 amide bonds. The van der Waals surface area contributed by atoms with Gasteiger partial charge in [-0.05, 0) is 60.4 Å². The number of nitrogens with zero attached hydrogens (tertiary/aromatic N) is 2. The van der Waals surface area contributed by atoms with Gasteiger partial charge in [-0.1, -0.05) is 30.3 Å². The molecule has 3 aromatic rings. The molecule has 44 heavy (non-hydrogen) atoms. The van der Waals surface area contributed by atoms with Crippen molar-refractivity contribution in [2.24, 2.45) is 0 Å². The summed E-state index contributed by atoms with van der Waals surface area (Å²) >= 11 is 0. The Hall–Kier alpha value is -4.62. The monoisotopic (exact) mass is 621 g/mol. The Labute approximate surface area is 254 Å². The number of carbonyl (C=O) groups excluding carboxylic acids is 3. The van der Waals surface area contributed by atoms with Crippen LogP contribution in [0.25, 0.3) is 0 Å². The molecule has 6 rings (SSSR count). The highest BCUT2D eigenvalue weighted by atomic mass is 32.2. The minimum atomic E-state index is -4.28. The minimum Gasteiger partial charge on any atom is -0.497 e. The largest absolute Gasteiger partial charge is 0.497 e. The quantitative estimate of drug-likeness (QED) is 0.362. The molecule has 3 aliphatic heterocycles. The van der Waals surface area contributed by atoms with Gasteiger partial charge >= 0.3 is 0 Å². The van der Waals surface area contributed by atoms with Gasteiger partial charge in [0.05, 0.1) is 18.8 Å². The maximum Gasteiger partial charge on any atom is 0.269 e. The van der Waals surface area contributed by atoms with Crippen molar-refractivity contribution in [3.63, 3.8) is 0 Å². The van der Waals surface area contributed by atoms with Gasteiger partial charge < -0.3 is 29.2 Å². The summed E-state index contributed by atoms with van der Waals surface area (Å²) in [6.07, 6.45) is 1.52. The Kier molecular flexibility index (Phi) is 8.15. The first-order valence-electron chi connectivity index (χ1n) is 14.1. The molecule has 1 saturated heterocycles. The van der Waals surface area contributed by atoms with Gasteiger partial charge in [0.15, 0.2) is 11.5 Å². The lowest BCUT2D eigenvalue weighted by molar-refractivity contribution is -0.141. The van der Waals surface area contributed by atoms with Crippen LogP contribution in [0.3, 0.4) is 0 Å². The zero-order valence-corrected chi connectivity index (χ0v) is 24.7. The summed E-state index contributed by atoms with van der Waals surface area (Å²) in [5, 5.41) is 2.91. The van der Waals surface area contributed by atoms with Crippen molar-refractivity contribution in [3.05, 3.63) is 83.4 Å². The second kappa shape index (κ2) is 12.2. The number of hydrogen-bond acceptors (Lipinski definition) is 9. The summed E-state index contributed by atoms with van der Waals surface area (Å²) in [5.41, 5.74) is 1.02. The first-order valence-corrected chi connectivity index (χ1v) is 15.6. The molecule has 0 aromatic heterocycles. The molecule has 1 N–H and O–H groups in total. The Balaban J connectivity index is 1.37. The summed E-state index contributed by atoms with van der Waals surface area (Å²) in [6.45, 7) is -0.0242. The number of hydrogen-bond donors (Lipinski definition) is 1. The molecule has 3 aromatic carbocycles. The van der Waals surface area contributed by atoms with Gasteiger partial charge in [-0.2, -0.15) is 0 Å². The van der Waals surface area contributed by atoms with Crippen LogP contribution >= 0.6 is 0 Å². The van der Waals surface area contributed by atoms with Crippen molar-refractivity contribution in [2.45, 2.75) is 36.4 Å². The summed E-state index contributed by atoms with van der Waals surface area (Å²) in [4.78, 5) is 42.5. The predicted octanol–water partition coefficient (Wildman–Crippen LogP) is 2.63. The van der Waals surface area contributed by atoms with Crippen LogP contribution in [0.2, 0.25) is 0 Å². The molecule has 230 valence electrons. The Morgan fingerprint density at radius 1 is 1.07 bits per heavy atom. The van der Waals surface area contributed by atoms with E-state index in [4.69, 9.17) is 18.9 Å². The van der Waals surface area contributed by atoms with Gasteiger partial charge in [-0.15, -0.1) is 0 Å². The predicted molar refractivity (Wildman–Crippen MR) is 155 cm³/mol. The smallest absolute Gasteiger partial charge is 0.269 e. The van der Waals surface area contributed by atoms with Crippen LogP contribution in [0.1, 0.15) is 40.4 Å². The molecule has 0 radical (unpaired) electrons. The number of benzene rings is 3. The highest BCUT2D eigenvalue weighted by Crippen LogP contribution is 2.35. The molecule has 0 aliphatic carbocycles. The van der Waals surface area contributed by atoms with E-state index in [0.29, 0.717) is 39.3 Å². The molecule has 0 bridgehead atoms. The van der Waals surface area contributed by atoms with Gasteiger partial charge in [0.25, 0.3) is 15.9 Å². The van der Waals surface area contributed by atoms with E-state index in [0.717, 1.165) is 12.8 Å². The number of ether oxygens (including phenoxy) is 4. The Bertz CT molecular complexity index is 1700. The van der Waals surface area contributed by atoms with Crippen LogP contribution in [-0.4, -0.2) is 75.0 Å². The zero-order chi connectivity index (χ0) is 30.8. The molecule has 0 saturated carbocycles. The summed E-state index contributed by atoms with van der Waals surface area (Å²) < 4.78 is 49.2. The van der Waals surface area contributed by atoms with Crippen molar-refractivity contribution in [3.8, 4) is 17.2 Å². The number of methoxy groups -OCH3 is 1. The van der Waals surface area contributed by atoms with Gasteiger partial charge in [-0.3, -0.25) is 14.4 Å². The molecule has 12 nitrogen and oxygen atoms in total. The van der Waals surface area contributed by atoms with Crippen molar-refractivity contribution < 1.29 is 41.7 Å². The molecule has 3 heterocycles. The Morgan fingerprint density at radius 3 is 2.66 bits per heavy atom. The number of amides is 3. The third-order valence-corrected chi connectivity index (χ3v) is 9.59. The van der Waals surface area contributed by atoms with Crippen LogP contribution in [0.5, 0.6) is 17.2 Å². The number of sulfonamides is 1. The third kappa shape index (κ3) is 5.67. The average molecular weight is 622 g/mol. The van der Waals surface area contributed by atoms with Crippen LogP contribution in [0.4, 0.5) is 0 Å². The summed E-state index contributed by atoms with van der Waals surface area (Å²) in [5.74, 6) is -0.588. The normalized spacial score (nSPS) is 18.5. The number of rotatable bonds is 10. The van der Waals surface area contributed by atoms with Crippen molar-refractivity contribution in [1.29, 1.82) is 0 Å². The zero-order valence-electron chi connectivity index (χ0n) is 23.9. The Morgan fingerprint density at radius 2 is 1.89 bits per heavy atom. The fourth-order valence-electron chi connectivity index (χ4n) is 5.56. The molecule has 3 aliphatic rings. The summed E-state index contributed by atoms with van der Waals surface area (Å²) in [6, 6.07) is 16.4. The molecular formula is C31H31N3O9S. The molecule has 2 atom stereocenters. The molecular weight excluding hydrogens is 590 g/mol. The van der Waals surface area contributed by atoms with Crippen molar-refractivity contribution in [2.75, 3.05) is 33.6 Å². The topological polar surface area (TPSA) is 141 Å². The van der Waals surface area contributed by atoms with E-state index in [1.807, 2.05) is 0 Å². The van der Waals surface area contributed by atoms with Crippen molar-refractivity contribution >= 4 is 27.7 Å². The van der Waals surface area contributed by atoms with Crippen molar-refractivity contribution in [1.82, 2.24) is 14.5 Å². The van der Waals surface area contributed by atoms with Gasteiger partial charge in [0.1, 0.15) is 23.2 Å². The number of nitrogens with one attached hydrogen (secondary N) is 1. The maximum absolute atomic E-state index is 14.2. The number of fused-ring (bicyclic) bond motifs is 2. The van der Waals surface area contributed by atoms with Gasteiger partial charge in [0, 0.05) is 19.7 Å². The molecule has 0 unspecified atom stereocenters. The van der Waals surface area contributed by atoms with E-state index in [1.165, 1.54) is 30.2 Å². The van der Waals surface area contributed by atoms with Crippen LogP contribution in [0.15, 0.2) is 71.6 Å². The maximum atomic E-state index is 14.2. The second-order valence-corrected chi connectivity index (χ2v) is 12.4. The second-order valence-electron chi connectivity index (χ2n) is 10.6. The van der Waals surface area contributed by atoms with E-state index in [1.54, 1.807) is 48.5 Å². The summed E-state index contributed by atoms with van der Waals surface area (Å²) in [7, 11) is -2.80. The van der Waals surface area contributed by atoms with E-state index in [2.05, 4.69) is 5.32 Å². The molecule has 13 heteroatoms. The molecule has 1 fully saturated rings. The highest BCUT2D eigenvalue weighted by Gasteiger charge is 2.43. The van der Waals surface area contributed by atoms with E-state index in [9.17, 15) is 22.8 Å². The van der Waals surface area contributed by atoms with E-state index < -0.39 is 40.3 Å². The lowest BCUT2D eigenvalue weighted by Crippen LogP contribution is -2.48. The van der Waals surface area contributed by atoms with Gasteiger partial charge in [0.2, 0.25) is 18.6 Å². The van der Waals surface area contributed by atoms with Crippen LogP contribution in [-0.2, 0) is 30.9 Å². The standard InChI is InChI=1S/C31H31N3O9S/c1-40-22-7-4-6-21(15-22)29(30(36)32-16-23-8-5-13-41-23)33(17-20-11-12-25-26(14-20)43-19-42-25)28(35)18-34-31(37)24-9-2-3-10-27(24)44(34,38)39/h2-4,6-7,9-12,14-15,23,29H,5,8,13,16-19H2,1H3,(H,32,36)/t23-,29-/m0/s1.